The first-order valence-corrected chi connectivity index (χ1v) is 6.91. The lowest BCUT2D eigenvalue weighted by Crippen LogP contribution is -2.34. The number of hydrogen-bond acceptors (Lipinski definition) is 9. The molecule has 1 aromatic heterocycles. The van der Waals surface area contributed by atoms with E-state index >= 15 is 0 Å². The van der Waals surface area contributed by atoms with Gasteiger partial charge in [0.1, 0.15) is 12.2 Å². The molecule has 128 valence electrons. The molecule has 0 aromatic carbocycles. The Balaban J connectivity index is 2.46. The van der Waals surface area contributed by atoms with Crippen LogP contribution >= 0.6 is 0 Å². The summed E-state index contributed by atoms with van der Waals surface area (Å²) in [6, 6.07) is 0. The van der Waals surface area contributed by atoms with Crippen LogP contribution in [0.3, 0.4) is 0 Å². The molecule has 1 heterocycles. The molecular weight excluding hydrogens is 308 g/mol. The molecule has 0 aliphatic carbocycles. The summed E-state index contributed by atoms with van der Waals surface area (Å²) in [5, 5.41) is 18.9. The van der Waals surface area contributed by atoms with Crippen LogP contribution in [0.25, 0.3) is 0 Å². The number of ether oxygens (including phenoxy) is 2. The van der Waals surface area contributed by atoms with Gasteiger partial charge in [0, 0.05) is 0 Å². The highest BCUT2D eigenvalue weighted by Crippen LogP contribution is 2.06. The number of alkyl carbamates (subject to hydrolysis) is 1. The van der Waals surface area contributed by atoms with E-state index in [-0.39, 0.29) is 31.3 Å². The average Bonchev–Trinajstić information content (AvgIpc) is 2.94. The van der Waals surface area contributed by atoms with Crippen molar-refractivity contribution in [3.05, 3.63) is 5.82 Å². The van der Waals surface area contributed by atoms with Crippen molar-refractivity contribution in [2.24, 2.45) is 5.16 Å². The molecule has 2 N–H and O–H groups in total. The first-order valence-electron chi connectivity index (χ1n) is 6.91. The van der Waals surface area contributed by atoms with Crippen molar-refractivity contribution in [1.29, 1.82) is 0 Å². The fourth-order valence-corrected chi connectivity index (χ4v) is 1.25. The van der Waals surface area contributed by atoms with Crippen LogP contribution in [0.5, 0.6) is 0 Å². The molecule has 0 fully saturated rings. The Labute approximate surface area is 132 Å². The number of oxime groups is 1. The highest BCUT2D eigenvalue weighted by Gasteiger charge is 2.21. The first-order chi connectivity index (χ1) is 10.8. The summed E-state index contributed by atoms with van der Waals surface area (Å²) in [6.45, 7) is 7.23. The lowest BCUT2D eigenvalue weighted by molar-refractivity contribution is -0.135. The number of tetrazole rings is 1. The van der Waals surface area contributed by atoms with Crippen molar-refractivity contribution >= 4 is 17.8 Å². The number of aromatic amines is 1. The monoisotopic (exact) mass is 328 g/mol. The maximum atomic E-state index is 11.7. The predicted molar refractivity (Wildman–Crippen MR) is 77.5 cm³/mol. The van der Waals surface area contributed by atoms with Gasteiger partial charge in [0.25, 0.3) is 0 Å². The van der Waals surface area contributed by atoms with Crippen LogP contribution in [0, 0.1) is 0 Å². The normalized spacial score (nSPS) is 11.7. The largest absolute Gasteiger partial charge is 0.461 e. The number of nitrogens with zero attached hydrogens (tertiary/aromatic N) is 4. The quantitative estimate of drug-likeness (QED) is 0.308. The molecule has 0 atom stereocenters. The van der Waals surface area contributed by atoms with Gasteiger partial charge in [0.05, 0.1) is 13.2 Å². The van der Waals surface area contributed by atoms with Crippen molar-refractivity contribution in [3.63, 3.8) is 0 Å². The molecule has 11 nitrogen and oxygen atoms in total. The van der Waals surface area contributed by atoms with E-state index in [0.29, 0.717) is 0 Å². The van der Waals surface area contributed by atoms with Crippen LogP contribution in [0.15, 0.2) is 5.16 Å². The highest BCUT2D eigenvalue weighted by atomic mass is 16.6. The molecule has 0 aliphatic rings. The Bertz CT molecular complexity index is 537. The van der Waals surface area contributed by atoms with Gasteiger partial charge in [-0.05, 0) is 32.9 Å². The van der Waals surface area contributed by atoms with Crippen LogP contribution in [-0.2, 0) is 19.1 Å². The Morgan fingerprint density at radius 2 is 2.09 bits per heavy atom. The first kappa shape index (κ1) is 18.3. The maximum Gasteiger partial charge on any atom is 0.407 e. The second kappa shape index (κ2) is 8.66. The lowest BCUT2D eigenvalue weighted by Gasteiger charge is -2.19. The summed E-state index contributed by atoms with van der Waals surface area (Å²) in [5.74, 6) is -0.794. The third-order valence-electron chi connectivity index (χ3n) is 2.04. The molecule has 0 saturated carbocycles. The molecule has 23 heavy (non-hydrogen) atoms. The van der Waals surface area contributed by atoms with E-state index in [1.165, 1.54) is 0 Å². The summed E-state index contributed by atoms with van der Waals surface area (Å²) in [5.41, 5.74) is -0.809. The molecule has 1 rings (SSSR count). The zero-order chi connectivity index (χ0) is 17.3. The minimum atomic E-state index is -0.742. The van der Waals surface area contributed by atoms with Gasteiger partial charge in [-0.2, -0.15) is 5.21 Å². The van der Waals surface area contributed by atoms with Crippen LogP contribution < -0.4 is 5.32 Å². The van der Waals surface area contributed by atoms with Gasteiger partial charge in [-0.1, -0.05) is 5.16 Å². The average molecular weight is 328 g/mol. The predicted octanol–water partition coefficient (Wildman–Crippen LogP) is 0.00820. The van der Waals surface area contributed by atoms with E-state index in [9.17, 15) is 9.59 Å². The maximum absolute atomic E-state index is 11.7. The number of carbonyl (C=O) groups excluding carboxylic acids is 2. The van der Waals surface area contributed by atoms with Gasteiger partial charge in [-0.15, -0.1) is 10.2 Å². The second-order valence-corrected chi connectivity index (χ2v) is 5.16. The third kappa shape index (κ3) is 7.20. The number of hydrogen-bond donors (Lipinski definition) is 2. The van der Waals surface area contributed by atoms with E-state index in [0.717, 1.165) is 0 Å². The van der Waals surface area contributed by atoms with Crippen LogP contribution in [0.1, 0.15) is 33.5 Å². The van der Waals surface area contributed by atoms with Crippen LogP contribution in [0.4, 0.5) is 4.79 Å². The molecule has 11 heteroatoms. The second-order valence-electron chi connectivity index (χ2n) is 5.16. The number of amides is 1. The molecule has 0 radical (unpaired) electrons. The molecule has 0 bridgehead atoms. The van der Waals surface area contributed by atoms with Crippen molar-refractivity contribution < 1.29 is 23.9 Å². The van der Waals surface area contributed by atoms with E-state index in [4.69, 9.17) is 14.3 Å². The van der Waals surface area contributed by atoms with Crippen molar-refractivity contribution in [2.75, 3.05) is 19.8 Å². The van der Waals surface area contributed by atoms with Gasteiger partial charge in [-0.25, -0.2) is 9.59 Å². The Hall–Kier alpha value is -2.72. The summed E-state index contributed by atoms with van der Waals surface area (Å²) in [4.78, 5) is 28.1. The Morgan fingerprint density at radius 3 is 2.65 bits per heavy atom. The summed E-state index contributed by atoms with van der Waals surface area (Å²) >= 11 is 0. The summed E-state index contributed by atoms with van der Waals surface area (Å²) < 4.78 is 9.86. The fourth-order valence-electron chi connectivity index (χ4n) is 1.25. The molecule has 1 aromatic rings. The molecule has 0 aliphatic heterocycles. The van der Waals surface area contributed by atoms with E-state index in [1.807, 2.05) is 0 Å². The molecule has 0 unspecified atom stereocenters. The smallest absolute Gasteiger partial charge is 0.407 e. The van der Waals surface area contributed by atoms with Crippen molar-refractivity contribution in [2.45, 2.75) is 33.3 Å². The number of esters is 1. The third-order valence-corrected chi connectivity index (χ3v) is 2.04. The van der Waals surface area contributed by atoms with Gasteiger partial charge in [0.2, 0.25) is 11.5 Å². The van der Waals surface area contributed by atoms with Crippen molar-refractivity contribution in [1.82, 2.24) is 25.9 Å². The molecule has 0 spiro atoms. The number of carbonyl (C=O) groups is 2. The summed E-state index contributed by atoms with van der Waals surface area (Å²) in [7, 11) is 0. The van der Waals surface area contributed by atoms with Gasteiger partial charge < -0.3 is 19.6 Å². The Morgan fingerprint density at radius 1 is 1.35 bits per heavy atom. The zero-order valence-electron chi connectivity index (χ0n) is 13.5. The van der Waals surface area contributed by atoms with Crippen LogP contribution in [0.2, 0.25) is 0 Å². The number of aromatic nitrogens is 4. The van der Waals surface area contributed by atoms with Gasteiger partial charge in [-0.3, -0.25) is 0 Å². The van der Waals surface area contributed by atoms with Crippen LogP contribution in [-0.4, -0.2) is 63.8 Å². The standard InChI is InChI=1S/C12H20N6O5/c1-5-21-10(19)8(9-14-17-18-15-9)16-22-7-6-13-11(20)23-12(2,3)4/h5-7H2,1-4H3,(H,13,20)(H,14,15,17,18). The minimum Gasteiger partial charge on any atom is -0.461 e. The number of rotatable bonds is 7. The highest BCUT2D eigenvalue weighted by molar-refractivity contribution is 6.42. The summed E-state index contributed by atoms with van der Waals surface area (Å²) in [6.07, 6.45) is -0.575. The van der Waals surface area contributed by atoms with Gasteiger partial charge >= 0.3 is 12.1 Å². The SMILES string of the molecule is CCOC(=O)C(=NOCCNC(=O)OC(C)(C)C)c1nn[nH]n1. The van der Waals surface area contributed by atoms with Gasteiger partial charge in [0.15, 0.2) is 0 Å². The number of nitrogens with one attached hydrogen (secondary N) is 2. The van der Waals surface area contributed by atoms with E-state index < -0.39 is 17.7 Å². The Kier molecular flexibility index (Phi) is 6.90. The molecule has 0 saturated heterocycles. The van der Waals surface area contributed by atoms with Crippen molar-refractivity contribution in [3.8, 4) is 0 Å². The zero-order valence-corrected chi connectivity index (χ0v) is 13.5. The van der Waals surface area contributed by atoms with E-state index in [1.54, 1.807) is 27.7 Å². The fraction of sp³-hybridized carbons (Fsp3) is 0.667. The number of H-pyrrole nitrogens is 1. The molecular formula is C12H20N6O5. The minimum absolute atomic E-state index is 0.0139. The van der Waals surface area contributed by atoms with E-state index in [2.05, 4.69) is 31.1 Å². The topological polar surface area (TPSA) is 141 Å². The lowest BCUT2D eigenvalue weighted by atomic mass is 10.2. The molecule has 1 amide bonds.